The molecule has 1 aliphatic rings. The molecule has 5 aromatic rings. The Morgan fingerprint density at radius 2 is 1.60 bits per heavy atom. The van der Waals surface area contributed by atoms with E-state index in [0.29, 0.717) is 32.9 Å². The number of imidazole rings is 1. The average Bonchev–Trinajstić information content (AvgIpc) is 3.76. The first-order valence-corrected chi connectivity index (χ1v) is 15.1. The molecule has 10 nitrogen and oxygen atoms in total. The number of halogens is 10. The van der Waals surface area contributed by atoms with E-state index in [0.717, 1.165) is 10.2 Å². The Balaban J connectivity index is 1.07. The summed E-state index contributed by atoms with van der Waals surface area (Å²) in [5.41, 5.74) is -3.68. The molecule has 6 rings (SSSR count). The standard InChI is InChI=1S/C29H22F10N6O4S/c1-27(28(34,35)36,29(37,38)39)19-11-20(49-43-19)42-25(46)40-14-4-2-13(3-5-14)16-12-45-17-7-6-15(10-18(17)50-26(45)41-16)47-9-8-44-21(30)23(32)48-24(33)22(44)31/h2-7,10-12,21-24H,8-9H2,1H3,(H2,40,42,46). The Bertz CT molecular complexity index is 1970. The third kappa shape index (κ3) is 6.51. The summed E-state index contributed by atoms with van der Waals surface area (Å²) in [7, 11) is 0. The molecule has 3 aromatic heterocycles. The number of hydrogen-bond donors (Lipinski definition) is 2. The second-order valence-electron chi connectivity index (χ2n) is 11.0. The number of aromatic nitrogens is 3. The summed E-state index contributed by atoms with van der Waals surface area (Å²) in [6, 6.07) is 10.5. The van der Waals surface area contributed by atoms with Crippen molar-refractivity contribution in [2.24, 2.45) is 0 Å². The lowest BCUT2D eigenvalue weighted by molar-refractivity contribution is -0.298. The molecule has 4 heterocycles. The number of anilines is 2. The van der Waals surface area contributed by atoms with Gasteiger partial charge in [-0.3, -0.25) is 9.72 Å². The molecular formula is C29H22F10N6O4S. The number of nitrogens with zero attached hydrogens (tertiary/aromatic N) is 4. The van der Waals surface area contributed by atoms with Gasteiger partial charge in [0, 0.05) is 30.1 Å². The molecule has 1 saturated heterocycles. The summed E-state index contributed by atoms with van der Waals surface area (Å²) in [5, 5.41) is 7.25. The van der Waals surface area contributed by atoms with E-state index in [4.69, 9.17) is 4.74 Å². The van der Waals surface area contributed by atoms with Crippen LogP contribution in [0.25, 0.3) is 26.4 Å². The van der Waals surface area contributed by atoms with Crippen molar-refractivity contribution in [3.8, 4) is 17.0 Å². The maximum atomic E-state index is 13.9. The van der Waals surface area contributed by atoms with Gasteiger partial charge in [-0.2, -0.15) is 26.3 Å². The molecule has 0 radical (unpaired) electrons. The number of rotatable bonds is 8. The van der Waals surface area contributed by atoms with E-state index in [9.17, 15) is 48.7 Å². The fourth-order valence-electron chi connectivity index (χ4n) is 4.94. The van der Waals surface area contributed by atoms with Crippen LogP contribution in [0.2, 0.25) is 0 Å². The van der Waals surface area contributed by atoms with Crippen LogP contribution < -0.4 is 15.4 Å². The van der Waals surface area contributed by atoms with E-state index in [-0.39, 0.29) is 19.2 Å². The highest BCUT2D eigenvalue weighted by molar-refractivity contribution is 7.23. The zero-order chi connectivity index (χ0) is 36.2. The lowest BCUT2D eigenvalue weighted by Gasteiger charge is -2.36. The van der Waals surface area contributed by atoms with Crippen molar-refractivity contribution in [1.82, 2.24) is 19.4 Å². The monoisotopic (exact) mass is 740 g/mol. The van der Waals surface area contributed by atoms with Crippen molar-refractivity contribution in [3.63, 3.8) is 0 Å². The van der Waals surface area contributed by atoms with E-state index in [1.54, 1.807) is 40.9 Å². The van der Waals surface area contributed by atoms with Gasteiger partial charge in [-0.15, -0.1) is 0 Å². The second-order valence-corrected chi connectivity index (χ2v) is 12.0. The Kier molecular flexibility index (Phi) is 9.10. The third-order valence-electron chi connectivity index (χ3n) is 7.84. The number of fused-ring (bicyclic) bond motifs is 3. The van der Waals surface area contributed by atoms with Crippen LogP contribution in [-0.4, -0.2) is 76.3 Å². The summed E-state index contributed by atoms with van der Waals surface area (Å²) in [6.07, 6.45) is -20.0. The molecule has 21 heteroatoms. The average molecular weight is 741 g/mol. The number of nitrogens with one attached hydrogen (secondary N) is 2. The second kappa shape index (κ2) is 12.9. The molecule has 1 aliphatic heterocycles. The first kappa shape index (κ1) is 35.2. The zero-order valence-electron chi connectivity index (χ0n) is 25.0. The van der Waals surface area contributed by atoms with Gasteiger partial charge in [0.15, 0.2) is 4.96 Å². The number of urea groups is 1. The molecule has 4 unspecified atom stereocenters. The van der Waals surface area contributed by atoms with Crippen molar-refractivity contribution < 1.29 is 62.7 Å². The molecule has 268 valence electrons. The number of hydrogen-bond acceptors (Lipinski definition) is 8. The maximum absolute atomic E-state index is 13.9. The predicted molar refractivity (Wildman–Crippen MR) is 157 cm³/mol. The SMILES string of the molecule is CC(c1cc(NC(=O)Nc2ccc(-c3cn4c(n3)sc3cc(OCCN5C(F)C(F)OC(F)C5F)ccc34)cc2)on1)(C(F)(F)F)C(F)(F)F. The van der Waals surface area contributed by atoms with Gasteiger partial charge in [-0.05, 0) is 37.3 Å². The number of ether oxygens (including phenoxy) is 2. The van der Waals surface area contributed by atoms with Crippen molar-refractivity contribution >= 4 is 44.1 Å². The highest BCUT2D eigenvalue weighted by Gasteiger charge is 2.70. The van der Waals surface area contributed by atoms with Crippen molar-refractivity contribution in [1.29, 1.82) is 0 Å². The molecule has 50 heavy (non-hydrogen) atoms. The normalized spacial score (nSPS) is 20.8. The van der Waals surface area contributed by atoms with Crippen LogP contribution >= 0.6 is 11.3 Å². The summed E-state index contributed by atoms with van der Waals surface area (Å²) in [4.78, 5) is 17.9. The minimum absolute atomic E-state index is 0.0885. The van der Waals surface area contributed by atoms with Gasteiger partial charge >= 0.3 is 18.4 Å². The molecule has 0 bridgehead atoms. The quantitative estimate of drug-likeness (QED) is 0.122. The van der Waals surface area contributed by atoms with Crippen LogP contribution in [0.5, 0.6) is 5.75 Å². The van der Waals surface area contributed by atoms with Gasteiger partial charge in [-0.1, -0.05) is 28.6 Å². The van der Waals surface area contributed by atoms with Gasteiger partial charge in [0.05, 0.1) is 15.9 Å². The van der Waals surface area contributed by atoms with Gasteiger partial charge in [-0.25, -0.2) is 32.2 Å². The minimum atomic E-state index is -5.75. The van der Waals surface area contributed by atoms with Crippen LogP contribution in [0, 0.1) is 0 Å². The first-order valence-electron chi connectivity index (χ1n) is 14.3. The molecule has 1 fully saturated rings. The van der Waals surface area contributed by atoms with Crippen LogP contribution in [0.1, 0.15) is 12.6 Å². The van der Waals surface area contributed by atoms with Crippen LogP contribution in [-0.2, 0) is 10.2 Å². The summed E-state index contributed by atoms with van der Waals surface area (Å²) < 4.78 is 151. The summed E-state index contributed by atoms with van der Waals surface area (Å²) in [6.45, 7) is -0.802. The molecule has 0 aliphatic carbocycles. The Labute approximate surface area is 277 Å². The highest BCUT2D eigenvalue weighted by Crippen LogP contribution is 2.51. The lowest BCUT2D eigenvalue weighted by Crippen LogP contribution is -2.56. The number of benzene rings is 2. The fourth-order valence-corrected chi connectivity index (χ4v) is 5.97. The molecule has 0 spiro atoms. The van der Waals surface area contributed by atoms with Gasteiger partial charge in [0.1, 0.15) is 18.1 Å². The number of alkyl halides is 10. The summed E-state index contributed by atoms with van der Waals surface area (Å²) >= 11 is 1.29. The largest absolute Gasteiger partial charge is 0.492 e. The minimum Gasteiger partial charge on any atom is -0.492 e. The van der Waals surface area contributed by atoms with Crippen LogP contribution in [0.4, 0.5) is 60.3 Å². The van der Waals surface area contributed by atoms with Crippen molar-refractivity contribution in [2.45, 2.75) is 50.0 Å². The smallest absolute Gasteiger partial charge is 0.408 e. The molecule has 4 atom stereocenters. The highest BCUT2D eigenvalue weighted by atomic mass is 32.1. The van der Waals surface area contributed by atoms with E-state index >= 15 is 0 Å². The fraction of sp³-hybridized carbons (Fsp3) is 0.345. The van der Waals surface area contributed by atoms with Crippen molar-refractivity contribution in [3.05, 3.63) is 60.4 Å². The van der Waals surface area contributed by atoms with Gasteiger partial charge < -0.3 is 19.3 Å². The first-order chi connectivity index (χ1) is 23.5. The number of thiazole rings is 1. The molecule has 0 saturated carbocycles. The van der Waals surface area contributed by atoms with Crippen LogP contribution in [0.3, 0.4) is 0 Å². The van der Waals surface area contributed by atoms with Crippen molar-refractivity contribution in [2.75, 3.05) is 23.8 Å². The van der Waals surface area contributed by atoms with Gasteiger partial charge in [0.2, 0.25) is 36.6 Å². The molecular weight excluding hydrogens is 718 g/mol. The Hall–Kier alpha value is -4.63. The maximum Gasteiger partial charge on any atom is 0.408 e. The number of morpholine rings is 1. The molecule has 2 aromatic carbocycles. The van der Waals surface area contributed by atoms with E-state index in [2.05, 4.69) is 24.7 Å². The zero-order valence-corrected chi connectivity index (χ0v) is 25.8. The number of carbonyl (C=O) groups is 1. The summed E-state index contributed by atoms with van der Waals surface area (Å²) in [5.74, 6) is -0.407. The van der Waals surface area contributed by atoms with Crippen LogP contribution in [0.15, 0.2) is 59.3 Å². The topological polar surface area (TPSA) is 106 Å². The lowest BCUT2D eigenvalue weighted by atomic mass is 9.85. The Morgan fingerprint density at radius 3 is 2.24 bits per heavy atom. The Morgan fingerprint density at radius 1 is 0.940 bits per heavy atom. The predicted octanol–water partition coefficient (Wildman–Crippen LogP) is 8.12. The molecule has 2 N–H and O–H groups in total. The van der Waals surface area contributed by atoms with Gasteiger partial charge in [0.25, 0.3) is 0 Å². The third-order valence-corrected chi connectivity index (χ3v) is 8.86. The van der Waals surface area contributed by atoms with E-state index < -0.39 is 67.2 Å². The molecule has 2 amide bonds. The number of carbonyl (C=O) groups excluding carboxylic acids is 1. The van der Waals surface area contributed by atoms with E-state index in [1.165, 1.54) is 23.5 Å². The number of amides is 2. The van der Waals surface area contributed by atoms with E-state index in [1.807, 2.05) is 5.32 Å².